The van der Waals surface area contributed by atoms with Crippen LogP contribution in [0, 0.1) is 11.8 Å². The Morgan fingerprint density at radius 3 is 2.71 bits per heavy atom. The highest BCUT2D eigenvalue weighted by molar-refractivity contribution is 6.30. The smallest absolute Gasteiger partial charge is 0.317 e. The first kappa shape index (κ1) is 15.6. The number of carboxylic acid groups (broad SMARTS) is 1. The van der Waals surface area contributed by atoms with Gasteiger partial charge in [0.2, 0.25) is 0 Å². The fraction of sp³-hybridized carbons (Fsp3) is 0.467. The van der Waals surface area contributed by atoms with E-state index in [0.29, 0.717) is 11.6 Å². The minimum atomic E-state index is -0.847. The summed E-state index contributed by atoms with van der Waals surface area (Å²) in [6.07, 6.45) is 0. The topological polar surface area (TPSA) is 69.6 Å². The monoisotopic (exact) mass is 310 g/mol. The van der Waals surface area contributed by atoms with Crippen molar-refractivity contribution in [2.45, 2.75) is 19.9 Å². The van der Waals surface area contributed by atoms with Gasteiger partial charge < -0.3 is 15.3 Å². The molecule has 2 rings (SSSR count). The van der Waals surface area contributed by atoms with E-state index >= 15 is 0 Å². The zero-order chi connectivity index (χ0) is 15.6. The van der Waals surface area contributed by atoms with Gasteiger partial charge in [-0.05, 0) is 30.5 Å². The number of carboxylic acids is 1. The minimum Gasteiger partial charge on any atom is -0.481 e. The lowest BCUT2D eigenvalue weighted by Crippen LogP contribution is -2.40. The van der Waals surface area contributed by atoms with E-state index in [2.05, 4.69) is 5.32 Å². The van der Waals surface area contributed by atoms with Crippen LogP contribution in [0.4, 0.5) is 4.79 Å². The number of carbonyl (C=O) groups is 2. The van der Waals surface area contributed by atoms with Crippen molar-refractivity contribution >= 4 is 23.6 Å². The molecule has 0 aromatic heterocycles. The van der Waals surface area contributed by atoms with Gasteiger partial charge >= 0.3 is 12.0 Å². The van der Waals surface area contributed by atoms with Gasteiger partial charge in [-0.3, -0.25) is 4.79 Å². The molecule has 3 atom stereocenters. The molecule has 2 N–H and O–H groups in total. The Hall–Kier alpha value is -1.75. The van der Waals surface area contributed by atoms with Crippen molar-refractivity contribution in [3.63, 3.8) is 0 Å². The summed E-state index contributed by atoms with van der Waals surface area (Å²) in [7, 11) is 0. The number of hydrogen-bond donors (Lipinski definition) is 2. The summed E-state index contributed by atoms with van der Waals surface area (Å²) in [6, 6.07) is 6.88. The molecule has 6 heteroatoms. The molecule has 2 amide bonds. The number of nitrogens with zero attached hydrogens (tertiary/aromatic N) is 1. The maximum absolute atomic E-state index is 12.2. The molecule has 1 aromatic carbocycles. The van der Waals surface area contributed by atoms with Gasteiger partial charge in [0.05, 0.1) is 12.0 Å². The van der Waals surface area contributed by atoms with Crippen molar-refractivity contribution in [1.82, 2.24) is 10.2 Å². The Balaban J connectivity index is 1.97. The Morgan fingerprint density at radius 2 is 2.14 bits per heavy atom. The van der Waals surface area contributed by atoms with Crippen LogP contribution in [0.1, 0.15) is 25.5 Å². The fourth-order valence-corrected chi connectivity index (χ4v) is 2.79. The van der Waals surface area contributed by atoms with Gasteiger partial charge in [0.15, 0.2) is 0 Å². The lowest BCUT2D eigenvalue weighted by molar-refractivity contribution is -0.142. The average molecular weight is 311 g/mol. The number of urea groups is 1. The van der Waals surface area contributed by atoms with Gasteiger partial charge in [-0.15, -0.1) is 0 Å². The van der Waals surface area contributed by atoms with Gasteiger partial charge in [0.1, 0.15) is 0 Å². The molecule has 0 aliphatic carbocycles. The predicted octanol–water partition coefficient (Wildman–Crippen LogP) is 2.76. The normalized spacial score (nSPS) is 22.9. The summed E-state index contributed by atoms with van der Waals surface area (Å²) < 4.78 is 0. The lowest BCUT2D eigenvalue weighted by Gasteiger charge is -2.21. The van der Waals surface area contributed by atoms with Crippen LogP contribution in [0.2, 0.25) is 5.02 Å². The third kappa shape index (κ3) is 3.67. The first-order valence-electron chi connectivity index (χ1n) is 6.92. The number of amides is 2. The van der Waals surface area contributed by atoms with E-state index in [1.54, 1.807) is 17.0 Å². The molecule has 114 valence electrons. The van der Waals surface area contributed by atoms with E-state index in [9.17, 15) is 9.59 Å². The van der Waals surface area contributed by atoms with E-state index in [1.807, 2.05) is 26.0 Å². The Kier molecular flexibility index (Phi) is 4.73. The summed E-state index contributed by atoms with van der Waals surface area (Å²) >= 11 is 5.94. The van der Waals surface area contributed by atoms with Crippen molar-refractivity contribution in [2.24, 2.45) is 11.8 Å². The first-order valence-corrected chi connectivity index (χ1v) is 7.30. The highest BCUT2D eigenvalue weighted by Gasteiger charge is 2.37. The van der Waals surface area contributed by atoms with Crippen LogP contribution in [-0.4, -0.2) is 35.1 Å². The van der Waals surface area contributed by atoms with Crippen LogP contribution < -0.4 is 5.32 Å². The van der Waals surface area contributed by atoms with Crippen LogP contribution in [0.15, 0.2) is 24.3 Å². The molecule has 5 nitrogen and oxygen atoms in total. The molecule has 1 saturated heterocycles. The first-order chi connectivity index (χ1) is 9.88. The number of halogens is 1. The molecule has 1 aromatic rings. The van der Waals surface area contributed by atoms with Gasteiger partial charge in [0.25, 0.3) is 0 Å². The second-order valence-electron chi connectivity index (χ2n) is 5.55. The van der Waals surface area contributed by atoms with Crippen molar-refractivity contribution in [2.75, 3.05) is 13.1 Å². The highest BCUT2D eigenvalue weighted by Crippen LogP contribution is 2.24. The quantitative estimate of drug-likeness (QED) is 0.902. The second-order valence-corrected chi connectivity index (χ2v) is 5.99. The number of hydrogen-bond acceptors (Lipinski definition) is 2. The van der Waals surface area contributed by atoms with Crippen molar-refractivity contribution in [1.29, 1.82) is 0 Å². The highest BCUT2D eigenvalue weighted by atomic mass is 35.5. The minimum absolute atomic E-state index is 0.0327. The van der Waals surface area contributed by atoms with Gasteiger partial charge in [-0.2, -0.15) is 0 Å². The molecule has 0 saturated carbocycles. The van der Waals surface area contributed by atoms with E-state index in [-0.39, 0.29) is 24.5 Å². The molecule has 1 fully saturated rings. The van der Waals surface area contributed by atoms with Crippen molar-refractivity contribution in [3.8, 4) is 0 Å². The van der Waals surface area contributed by atoms with E-state index < -0.39 is 11.9 Å². The van der Waals surface area contributed by atoms with E-state index in [0.717, 1.165) is 5.56 Å². The van der Waals surface area contributed by atoms with Crippen molar-refractivity contribution in [3.05, 3.63) is 34.9 Å². The molecule has 21 heavy (non-hydrogen) atoms. The summed E-state index contributed by atoms with van der Waals surface area (Å²) in [5.41, 5.74) is 0.915. The van der Waals surface area contributed by atoms with E-state index in [4.69, 9.17) is 16.7 Å². The molecular weight excluding hydrogens is 292 g/mol. The predicted molar refractivity (Wildman–Crippen MR) is 80.3 cm³/mol. The number of rotatable bonds is 3. The van der Waals surface area contributed by atoms with Crippen LogP contribution in [0.3, 0.4) is 0 Å². The second kappa shape index (κ2) is 6.35. The molecular formula is C15H19ClN2O3. The largest absolute Gasteiger partial charge is 0.481 e. The SMILES string of the molecule is CC(NC(=O)N1CC(C)C(C(=O)O)C1)c1cccc(Cl)c1. The van der Waals surface area contributed by atoms with Crippen LogP contribution in [0.5, 0.6) is 0 Å². The number of carbonyl (C=O) groups excluding carboxylic acids is 1. The number of aliphatic carboxylic acids is 1. The Morgan fingerprint density at radius 1 is 1.43 bits per heavy atom. The van der Waals surface area contributed by atoms with E-state index in [1.165, 1.54) is 0 Å². The van der Waals surface area contributed by atoms with Crippen LogP contribution in [0.25, 0.3) is 0 Å². The maximum Gasteiger partial charge on any atom is 0.317 e. The van der Waals surface area contributed by atoms with Gasteiger partial charge in [-0.1, -0.05) is 30.7 Å². The third-order valence-corrected chi connectivity index (χ3v) is 4.14. The average Bonchev–Trinajstić information content (AvgIpc) is 2.81. The summed E-state index contributed by atoms with van der Waals surface area (Å²) in [5, 5.41) is 12.6. The fourth-order valence-electron chi connectivity index (χ4n) is 2.59. The molecule has 3 unspecified atom stereocenters. The van der Waals surface area contributed by atoms with Crippen LogP contribution in [-0.2, 0) is 4.79 Å². The zero-order valence-corrected chi connectivity index (χ0v) is 12.8. The maximum atomic E-state index is 12.2. The van der Waals surface area contributed by atoms with Crippen LogP contribution >= 0.6 is 11.6 Å². The third-order valence-electron chi connectivity index (χ3n) is 3.91. The molecule has 0 spiro atoms. The molecule has 0 radical (unpaired) electrons. The zero-order valence-electron chi connectivity index (χ0n) is 12.0. The number of likely N-dealkylation sites (tertiary alicyclic amines) is 1. The molecule has 1 aliphatic heterocycles. The summed E-state index contributed by atoms with van der Waals surface area (Å²) in [4.78, 5) is 24.9. The number of benzene rings is 1. The molecule has 1 aliphatic rings. The van der Waals surface area contributed by atoms with Gasteiger partial charge in [-0.25, -0.2) is 4.79 Å². The standard InChI is InChI=1S/C15H19ClN2O3/c1-9-7-18(8-13(9)14(19)20)15(21)17-10(2)11-4-3-5-12(16)6-11/h3-6,9-10,13H,7-8H2,1-2H3,(H,17,21)(H,19,20). The number of nitrogens with one attached hydrogen (secondary N) is 1. The van der Waals surface area contributed by atoms with Gasteiger partial charge in [0, 0.05) is 18.1 Å². The van der Waals surface area contributed by atoms with Crippen molar-refractivity contribution < 1.29 is 14.7 Å². The molecule has 0 bridgehead atoms. The summed E-state index contributed by atoms with van der Waals surface area (Å²) in [6.45, 7) is 4.44. The Labute approximate surface area is 128 Å². The Bertz CT molecular complexity index is 549. The lowest BCUT2D eigenvalue weighted by atomic mass is 9.99. The summed E-state index contributed by atoms with van der Waals surface area (Å²) in [5.74, 6) is -1.37. The molecule has 1 heterocycles.